The Morgan fingerprint density at radius 1 is 1.53 bits per heavy atom. The van der Waals surface area contributed by atoms with E-state index in [1.54, 1.807) is 25.2 Å². The van der Waals surface area contributed by atoms with Gasteiger partial charge in [-0.1, -0.05) is 0 Å². The first-order valence-electron chi connectivity index (χ1n) is 6.15. The first-order chi connectivity index (χ1) is 9.06. The van der Waals surface area contributed by atoms with Crippen molar-refractivity contribution in [3.8, 4) is 0 Å². The van der Waals surface area contributed by atoms with Gasteiger partial charge in [-0.25, -0.2) is 9.97 Å². The lowest BCUT2D eigenvalue weighted by atomic mass is 10.2. The normalized spacial score (nSPS) is 12.6. The fourth-order valence-corrected chi connectivity index (χ4v) is 2.30. The summed E-state index contributed by atoms with van der Waals surface area (Å²) < 4.78 is 1.88. The molecule has 0 saturated heterocycles. The van der Waals surface area contributed by atoms with Crippen molar-refractivity contribution in [1.82, 2.24) is 19.4 Å². The zero-order valence-corrected chi connectivity index (χ0v) is 12.1. The van der Waals surface area contributed by atoms with E-state index >= 15 is 0 Å². The Balaban J connectivity index is 2.55. The number of likely N-dealkylation sites (N-methyl/N-ethyl adjacent to an activating group) is 1. The van der Waals surface area contributed by atoms with Gasteiger partial charge in [0.05, 0.1) is 0 Å². The lowest BCUT2D eigenvalue weighted by Crippen LogP contribution is -2.30. The maximum absolute atomic E-state index is 12.2. The van der Waals surface area contributed by atoms with E-state index < -0.39 is 0 Å². The number of hydrogen-bond donors (Lipinski definition) is 0. The van der Waals surface area contributed by atoms with Gasteiger partial charge < -0.3 is 9.47 Å². The fraction of sp³-hybridized carbons (Fsp3) is 0.462. The summed E-state index contributed by atoms with van der Waals surface area (Å²) in [5.41, 5.74) is 1.52. The number of nitrogens with zero attached hydrogens (tertiary/aromatic N) is 4. The largest absolute Gasteiger partial charge is 0.347 e. The summed E-state index contributed by atoms with van der Waals surface area (Å²) >= 11 is 5.81. The van der Waals surface area contributed by atoms with E-state index in [9.17, 15) is 4.79 Å². The Hall–Kier alpha value is -1.62. The Kier molecular flexibility index (Phi) is 4.04. The molecule has 2 rings (SSSR count). The minimum absolute atomic E-state index is 0.0146. The van der Waals surface area contributed by atoms with Gasteiger partial charge in [-0.2, -0.15) is 0 Å². The number of aromatic nitrogens is 3. The number of imidazole rings is 1. The maximum Gasteiger partial charge on any atom is 0.244 e. The molecule has 0 spiro atoms. The third-order valence-corrected chi connectivity index (χ3v) is 3.21. The second kappa shape index (κ2) is 5.57. The topological polar surface area (TPSA) is 51.0 Å². The van der Waals surface area contributed by atoms with Crippen LogP contribution in [0.15, 0.2) is 18.3 Å². The molecule has 0 radical (unpaired) electrons. The number of fused-ring (bicyclic) bond motifs is 1. The number of hydrogen-bond acceptors (Lipinski definition) is 3. The average Bonchev–Trinajstić information content (AvgIpc) is 2.75. The summed E-state index contributed by atoms with van der Waals surface area (Å²) in [4.78, 5) is 22.6. The first-order valence-corrected chi connectivity index (χ1v) is 6.68. The molecule has 1 atom stereocenters. The number of alkyl halides is 1. The molecule has 19 heavy (non-hydrogen) atoms. The summed E-state index contributed by atoms with van der Waals surface area (Å²) in [6.45, 7) is 1.86. The molecule has 2 aromatic rings. The van der Waals surface area contributed by atoms with Crippen molar-refractivity contribution in [3.05, 3.63) is 24.2 Å². The van der Waals surface area contributed by atoms with Crippen LogP contribution in [0.1, 0.15) is 18.8 Å². The molecule has 0 aliphatic heterocycles. The first kappa shape index (κ1) is 13.8. The molecule has 0 bridgehead atoms. The van der Waals surface area contributed by atoms with E-state index in [-0.39, 0.29) is 11.9 Å². The van der Waals surface area contributed by atoms with Gasteiger partial charge in [0.1, 0.15) is 17.4 Å². The number of aryl methyl sites for hydroxylation is 1. The van der Waals surface area contributed by atoms with E-state index in [1.165, 1.54) is 0 Å². The smallest absolute Gasteiger partial charge is 0.244 e. The van der Waals surface area contributed by atoms with Crippen molar-refractivity contribution in [2.24, 2.45) is 0 Å². The number of carbonyl (C=O) groups excluding carboxylic acids is 1. The van der Waals surface area contributed by atoms with Gasteiger partial charge in [0.2, 0.25) is 5.91 Å². The van der Waals surface area contributed by atoms with Gasteiger partial charge in [-0.15, -0.1) is 11.6 Å². The highest BCUT2D eigenvalue weighted by Crippen LogP contribution is 2.21. The van der Waals surface area contributed by atoms with E-state index in [4.69, 9.17) is 11.6 Å². The number of halogens is 1. The van der Waals surface area contributed by atoms with E-state index in [0.717, 1.165) is 17.0 Å². The van der Waals surface area contributed by atoms with Crippen molar-refractivity contribution in [2.75, 3.05) is 20.0 Å². The van der Waals surface area contributed by atoms with Crippen LogP contribution in [0.25, 0.3) is 11.2 Å². The van der Waals surface area contributed by atoms with E-state index in [1.807, 2.05) is 23.6 Å². The van der Waals surface area contributed by atoms with Crippen LogP contribution in [0.5, 0.6) is 0 Å². The second-order valence-electron chi connectivity index (χ2n) is 4.59. The van der Waals surface area contributed by atoms with Gasteiger partial charge in [0.25, 0.3) is 0 Å². The number of rotatable bonds is 4. The minimum atomic E-state index is -0.340. The number of carbonyl (C=O) groups is 1. The minimum Gasteiger partial charge on any atom is -0.347 e. The highest BCUT2D eigenvalue weighted by atomic mass is 35.5. The van der Waals surface area contributed by atoms with E-state index in [2.05, 4.69) is 9.97 Å². The monoisotopic (exact) mass is 280 g/mol. The van der Waals surface area contributed by atoms with Gasteiger partial charge >= 0.3 is 0 Å². The summed E-state index contributed by atoms with van der Waals surface area (Å²) in [5.74, 6) is 1.28. The summed E-state index contributed by atoms with van der Waals surface area (Å²) in [6, 6.07) is 3.39. The second-order valence-corrected chi connectivity index (χ2v) is 4.97. The van der Waals surface area contributed by atoms with Crippen molar-refractivity contribution < 1.29 is 4.79 Å². The fourth-order valence-electron chi connectivity index (χ4n) is 2.13. The Labute approximate surface area is 117 Å². The predicted molar refractivity (Wildman–Crippen MR) is 75.4 cm³/mol. The molecule has 1 unspecified atom stereocenters. The van der Waals surface area contributed by atoms with Crippen LogP contribution in [-0.4, -0.2) is 45.3 Å². The average molecular weight is 281 g/mol. The maximum atomic E-state index is 12.2. The zero-order chi connectivity index (χ0) is 14.0. The molecule has 5 nitrogen and oxygen atoms in total. The molecule has 6 heteroatoms. The van der Waals surface area contributed by atoms with Crippen LogP contribution in [0.4, 0.5) is 0 Å². The van der Waals surface area contributed by atoms with Crippen LogP contribution in [0.3, 0.4) is 0 Å². The molecule has 0 fully saturated rings. The standard InChI is InChI=1S/C13H17ClN4O/c1-9(13(19)17(2)3)18-11(6-7-14)16-10-5-4-8-15-12(10)18/h4-5,8-9H,6-7H2,1-3H3. The van der Waals surface area contributed by atoms with Crippen molar-refractivity contribution >= 4 is 28.7 Å². The van der Waals surface area contributed by atoms with Crippen molar-refractivity contribution in [2.45, 2.75) is 19.4 Å². The molecule has 0 aliphatic rings. The Bertz CT molecular complexity index is 593. The molecule has 2 aromatic heterocycles. The predicted octanol–water partition coefficient (Wildman–Crippen LogP) is 1.86. The third kappa shape index (κ3) is 2.56. The van der Waals surface area contributed by atoms with Crippen LogP contribution < -0.4 is 0 Å². The van der Waals surface area contributed by atoms with Gasteiger partial charge in [-0.05, 0) is 19.1 Å². The lowest BCUT2D eigenvalue weighted by Gasteiger charge is -2.20. The molecule has 0 aromatic carbocycles. The molecule has 0 aliphatic carbocycles. The van der Waals surface area contributed by atoms with E-state index in [0.29, 0.717) is 12.3 Å². The van der Waals surface area contributed by atoms with Crippen LogP contribution in [0, 0.1) is 0 Å². The lowest BCUT2D eigenvalue weighted by molar-refractivity contribution is -0.131. The molecule has 0 N–H and O–H groups in total. The molecule has 1 amide bonds. The molecular formula is C13H17ClN4O. The molecular weight excluding hydrogens is 264 g/mol. The van der Waals surface area contributed by atoms with Crippen molar-refractivity contribution in [1.29, 1.82) is 0 Å². The number of pyridine rings is 1. The highest BCUT2D eigenvalue weighted by Gasteiger charge is 2.22. The summed E-state index contributed by atoms with van der Waals surface area (Å²) in [5, 5.41) is 0. The van der Waals surface area contributed by atoms with Crippen LogP contribution in [0.2, 0.25) is 0 Å². The number of amides is 1. The van der Waals surface area contributed by atoms with Crippen molar-refractivity contribution in [3.63, 3.8) is 0 Å². The molecule has 102 valence electrons. The highest BCUT2D eigenvalue weighted by molar-refractivity contribution is 6.17. The zero-order valence-electron chi connectivity index (χ0n) is 11.3. The molecule has 2 heterocycles. The Morgan fingerprint density at radius 3 is 2.89 bits per heavy atom. The summed E-state index contributed by atoms with van der Waals surface area (Å²) in [6.07, 6.45) is 2.32. The third-order valence-electron chi connectivity index (χ3n) is 3.03. The summed E-state index contributed by atoms with van der Waals surface area (Å²) in [7, 11) is 3.49. The SMILES string of the molecule is CC(C(=O)N(C)C)n1c(CCCl)nc2cccnc21. The molecule has 0 saturated carbocycles. The van der Waals surface area contributed by atoms with Crippen LogP contribution >= 0.6 is 11.6 Å². The van der Waals surface area contributed by atoms with Gasteiger partial charge in [-0.3, -0.25) is 4.79 Å². The quantitative estimate of drug-likeness (QED) is 0.804. The van der Waals surface area contributed by atoms with Gasteiger partial charge in [0.15, 0.2) is 5.65 Å². The van der Waals surface area contributed by atoms with Crippen LogP contribution in [-0.2, 0) is 11.2 Å². The van der Waals surface area contributed by atoms with Gasteiger partial charge in [0, 0.05) is 32.6 Å². The Morgan fingerprint density at radius 2 is 2.26 bits per heavy atom.